The first-order chi connectivity index (χ1) is 9.63. The summed E-state index contributed by atoms with van der Waals surface area (Å²) in [7, 11) is -1.74. The third-order valence-electron chi connectivity index (χ3n) is 5.99. The molecule has 1 fully saturated rings. The molecule has 0 amide bonds. The van der Waals surface area contributed by atoms with Crippen molar-refractivity contribution in [3.8, 4) is 5.75 Å². The van der Waals surface area contributed by atoms with E-state index in [0.717, 1.165) is 12.3 Å². The highest BCUT2D eigenvalue weighted by Gasteiger charge is 2.44. The third kappa shape index (κ3) is 2.35. The van der Waals surface area contributed by atoms with Gasteiger partial charge in [-0.15, -0.1) is 0 Å². The molecular weight excluding hydrogens is 274 g/mol. The van der Waals surface area contributed by atoms with E-state index in [9.17, 15) is 0 Å². The van der Waals surface area contributed by atoms with E-state index in [0.29, 0.717) is 0 Å². The first-order valence-electron chi connectivity index (χ1n) is 8.21. The van der Waals surface area contributed by atoms with E-state index < -0.39 is 8.32 Å². The van der Waals surface area contributed by atoms with Gasteiger partial charge in [-0.25, -0.2) is 0 Å². The smallest absolute Gasteiger partial charge is 0.250 e. The Morgan fingerprint density at radius 1 is 1.24 bits per heavy atom. The van der Waals surface area contributed by atoms with Gasteiger partial charge >= 0.3 is 0 Å². The van der Waals surface area contributed by atoms with Crippen molar-refractivity contribution in [2.45, 2.75) is 70.8 Å². The molecule has 0 aliphatic carbocycles. The highest BCUT2D eigenvalue weighted by atomic mass is 28.4. The van der Waals surface area contributed by atoms with Crippen molar-refractivity contribution < 1.29 is 4.43 Å². The first-order valence-corrected chi connectivity index (χ1v) is 11.1. The normalized spacial score (nSPS) is 25.8. The van der Waals surface area contributed by atoms with Crippen LogP contribution >= 0.6 is 0 Å². The molecule has 1 atom stereocenters. The van der Waals surface area contributed by atoms with Gasteiger partial charge in [-0.3, -0.25) is 4.90 Å². The molecule has 0 radical (unpaired) electrons. The lowest BCUT2D eigenvalue weighted by atomic mass is 9.90. The Kier molecular flexibility index (Phi) is 3.30. The predicted molar refractivity (Wildman–Crippen MR) is 91.3 cm³/mol. The molecule has 2 aliphatic rings. The van der Waals surface area contributed by atoms with Crippen LogP contribution < -0.4 is 4.43 Å². The zero-order valence-corrected chi connectivity index (χ0v) is 15.4. The first kappa shape index (κ1) is 15.1. The second kappa shape index (κ2) is 4.59. The molecule has 0 saturated carbocycles. The topological polar surface area (TPSA) is 12.5 Å². The average molecular weight is 304 g/mol. The summed E-state index contributed by atoms with van der Waals surface area (Å²) in [4.78, 5) is 2.63. The molecule has 0 aromatic heterocycles. The summed E-state index contributed by atoms with van der Waals surface area (Å²) in [6.45, 7) is 16.3. The van der Waals surface area contributed by atoms with Crippen LogP contribution in [0.15, 0.2) is 18.2 Å². The van der Waals surface area contributed by atoms with E-state index in [1.165, 1.54) is 30.5 Å². The lowest BCUT2D eigenvalue weighted by Gasteiger charge is -2.36. The summed E-state index contributed by atoms with van der Waals surface area (Å²) < 4.78 is 6.47. The fraction of sp³-hybridized carbons (Fsp3) is 0.667. The minimum absolute atomic E-state index is 0.248. The Hall–Kier alpha value is -0.803. The fourth-order valence-corrected chi connectivity index (χ4v) is 4.54. The lowest BCUT2D eigenvalue weighted by Crippen LogP contribution is -2.43. The van der Waals surface area contributed by atoms with E-state index >= 15 is 0 Å². The van der Waals surface area contributed by atoms with E-state index in [1.807, 2.05) is 0 Å². The van der Waals surface area contributed by atoms with Gasteiger partial charge in [-0.1, -0.05) is 26.8 Å². The van der Waals surface area contributed by atoms with Gasteiger partial charge in [0.25, 0.3) is 0 Å². The molecule has 2 nitrogen and oxygen atoms in total. The third-order valence-corrected chi connectivity index (χ3v) is 10.3. The maximum atomic E-state index is 6.47. The SMILES string of the molecule is CC12CCCN1Cc1cc(O[Si](C)(C)C(C)(C)C)ccc12. The average Bonchev–Trinajstić information content (AvgIpc) is 2.80. The van der Waals surface area contributed by atoms with Gasteiger partial charge in [0, 0.05) is 12.1 Å². The lowest BCUT2D eigenvalue weighted by molar-refractivity contribution is 0.178. The number of fused-ring (bicyclic) bond motifs is 3. The Balaban J connectivity index is 1.88. The maximum Gasteiger partial charge on any atom is 0.250 e. The van der Waals surface area contributed by atoms with Crippen molar-refractivity contribution >= 4 is 8.32 Å². The molecule has 1 unspecified atom stereocenters. The van der Waals surface area contributed by atoms with Crippen molar-refractivity contribution in [3.05, 3.63) is 29.3 Å². The number of nitrogens with zero attached hydrogens (tertiary/aromatic N) is 1. The summed E-state index contributed by atoms with van der Waals surface area (Å²) in [5.74, 6) is 1.07. The van der Waals surface area contributed by atoms with Crippen LogP contribution in [0.2, 0.25) is 18.1 Å². The minimum atomic E-state index is -1.74. The van der Waals surface area contributed by atoms with E-state index in [1.54, 1.807) is 0 Å². The summed E-state index contributed by atoms with van der Waals surface area (Å²) in [6.07, 6.45) is 2.63. The van der Waals surface area contributed by atoms with Crippen LogP contribution in [-0.4, -0.2) is 19.8 Å². The van der Waals surface area contributed by atoms with Gasteiger partial charge in [-0.2, -0.15) is 0 Å². The fourth-order valence-electron chi connectivity index (χ4n) is 3.52. The summed E-state index contributed by atoms with van der Waals surface area (Å²) in [5, 5.41) is 0.248. The zero-order valence-electron chi connectivity index (χ0n) is 14.4. The molecule has 3 rings (SSSR count). The number of benzene rings is 1. The number of hydrogen-bond acceptors (Lipinski definition) is 2. The Morgan fingerprint density at radius 2 is 1.95 bits per heavy atom. The molecule has 116 valence electrons. The highest BCUT2D eigenvalue weighted by Crippen LogP contribution is 2.47. The molecule has 1 aromatic rings. The van der Waals surface area contributed by atoms with Crippen LogP contribution in [0.4, 0.5) is 0 Å². The molecule has 0 spiro atoms. The summed E-state index contributed by atoms with van der Waals surface area (Å²) in [5.41, 5.74) is 3.29. The number of rotatable bonds is 2. The predicted octanol–water partition coefficient (Wildman–Crippen LogP) is 4.90. The molecule has 1 aromatic carbocycles. The van der Waals surface area contributed by atoms with Crippen LogP contribution in [0, 0.1) is 0 Å². The molecule has 3 heteroatoms. The van der Waals surface area contributed by atoms with E-state index in [-0.39, 0.29) is 10.6 Å². The van der Waals surface area contributed by atoms with Crippen molar-refractivity contribution in [1.82, 2.24) is 4.90 Å². The second-order valence-electron chi connectivity index (χ2n) is 8.48. The Bertz CT molecular complexity index is 561. The minimum Gasteiger partial charge on any atom is -0.543 e. The van der Waals surface area contributed by atoms with Gasteiger partial charge in [-0.05, 0) is 67.7 Å². The molecular formula is C18H29NOSi. The zero-order chi connectivity index (χ0) is 15.5. The van der Waals surface area contributed by atoms with E-state index in [4.69, 9.17) is 4.43 Å². The van der Waals surface area contributed by atoms with Crippen LogP contribution in [0.5, 0.6) is 5.75 Å². The molecule has 1 saturated heterocycles. The van der Waals surface area contributed by atoms with Gasteiger partial charge in [0.05, 0.1) is 0 Å². The molecule has 21 heavy (non-hydrogen) atoms. The van der Waals surface area contributed by atoms with Crippen LogP contribution in [0.25, 0.3) is 0 Å². The Labute approximate surface area is 130 Å². The Morgan fingerprint density at radius 3 is 2.62 bits per heavy atom. The summed E-state index contributed by atoms with van der Waals surface area (Å²) in [6, 6.07) is 6.83. The van der Waals surface area contributed by atoms with Crippen LogP contribution in [-0.2, 0) is 12.1 Å². The standard InChI is InChI=1S/C18H29NOSi/c1-17(2,3)21(5,6)20-15-8-9-16-14(12-15)13-19-11-7-10-18(16,19)4/h8-9,12H,7,10-11,13H2,1-6H3. The van der Waals surface area contributed by atoms with Gasteiger partial charge in [0.15, 0.2) is 0 Å². The molecule has 0 N–H and O–H groups in total. The molecule has 2 aliphatic heterocycles. The highest BCUT2D eigenvalue weighted by molar-refractivity contribution is 6.74. The van der Waals surface area contributed by atoms with Crippen molar-refractivity contribution in [2.24, 2.45) is 0 Å². The van der Waals surface area contributed by atoms with Gasteiger partial charge < -0.3 is 4.43 Å². The summed E-state index contributed by atoms with van der Waals surface area (Å²) >= 11 is 0. The largest absolute Gasteiger partial charge is 0.543 e. The van der Waals surface area contributed by atoms with E-state index in [2.05, 4.69) is 63.9 Å². The van der Waals surface area contributed by atoms with Crippen LogP contribution in [0.1, 0.15) is 51.7 Å². The maximum absolute atomic E-state index is 6.47. The molecule has 2 heterocycles. The second-order valence-corrected chi connectivity index (χ2v) is 13.2. The quantitative estimate of drug-likeness (QED) is 0.721. The van der Waals surface area contributed by atoms with Crippen molar-refractivity contribution in [1.29, 1.82) is 0 Å². The van der Waals surface area contributed by atoms with Crippen molar-refractivity contribution in [2.75, 3.05) is 6.54 Å². The van der Waals surface area contributed by atoms with Crippen molar-refractivity contribution in [3.63, 3.8) is 0 Å². The van der Waals surface area contributed by atoms with Gasteiger partial charge in [0.2, 0.25) is 8.32 Å². The van der Waals surface area contributed by atoms with Crippen LogP contribution in [0.3, 0.4) is 0 Å². The van der Waals surface area contributed by atoms with Gasteiger partial charge in [0.1, 0.15) is 5.75 Å². The molecule has 0 bridgehead atoms. The number of hydrogen-bond donors (Lipinski definition) is 0. The monoisotopic (exact) mass is 303 g/mol.